The highest BCUT2D eigenvalue weighted by atomic mass is 28.4. The van der Waals surface area contributed by atoms with Gasteiger partial charge in [0, 0.05) is 12.1 Å². The highest BCUT2D eigenvalue weighted by Gasteiger charge is 2.27. The van der Waals surface area contributed by atoms with Gasteiger partial charge < -0.3 is 8.99 Å². The Balaban J connectivity index is 4.13. The molecule has 0 aromatic carbocycles. The van der Waals surface area contributed by atoms with Gasteiger partial charge in [-0.15, -0.1) is 0 Å². The van der Waals surface area contributed by atoms with Crippen LogP contribution in [0, 0.1) is 0 Å². The highest BCUT2D eigenvalue weighted by Crippen LogP contribution is 2.18. The Morgan fingerprint density at radius 1 is 1.06 bits per heavy atom. The van der Waals surface area contributed by atoms with Gasteiger partial charge in [0.15, 0.2) is 8.32 Å². The van der Waals surface area contributed by atoms with Crippen molar-refractivity contribution < 1.29 is 4.43 Å². The van der Waals surface area contributed by atoms with E-state index in [0.29, 0.717) is 5.54 Å². The molecule has 0 aromatic heterocycles. The molecular weight excluding hydrogens is 258 g/mol. The van der Waals surface area contributed by atoms with Crippen LogP contribution in [0.15, 0.2) is 0 Å². The van der Waals surface area contributed by atoms with Crippen molar-refractivity contribution in [2.24, 2.45) is 0 Å². The Morgan fingerprint density at radius 3 is 1.88 bits per heavy atom. The van der Waals surface area contributed by atoms with Crippen LogP contribution in [0.25, 0.3) is 0 Å². The van der Waals surface area contributed by atoms with E-state index in [2.05, 4.69) is 58.1 Å². The molecule has 0 amide bonds. The minimum atomic E-state index is -1.32. The third-order valence-electron chi connectivity index (χ3n) is 2.88. The zero-order valence-electron chi connectivity index (χ0n) is 13.2. The molecular formula is C12H32NOSi3. The molecule has 2 nitrogen and oxygen atoms in total. The lowest BCUT2D eigenvalue weighted by Crippen LogP contribution is -2.50. The fourth-order valence-corrected chi connectivity index (χ4v) is 6.52. The van der Waals surface area contributed by atoms with Gasteiger partial charge in [-0.05, 0) is 52.6 Å². The summed E-state index contributed by atoms with van der Waals surface area (Å²) in [5.41, 5.74) is 0.294. The van der Waals surface area contributed by atoms with Gasteiger partial charge in [-0.3, -0.25) is 0 Å². The van der Waals surface area contributed by atoms with Crippen LogP contribution >= 0.6 is 0 Å². The van der Waals surface area contributed by atoms with Crippen molar-refractivity contribution in [3.63, 3.8) is 0 Å². The van der Waals surface area contributed by atoms with Gasteiger partial charge in [0.1, 0.15) is 0 Å². The lowest BCUT2D eigenvalue weighted by molar-refractivity contribution is 0.286. The Labute approximate surface area is 114 Å². The number of hydrogen-bond acceptors (Lipinski definition) is 2. The summed E-state index contributed by atoms with van der Waals surface area (Å²) in [6, 6.07) is 1.28. The predicted octanol–water partition coefficient (Wildman–Crippen LogP) is 2.73. The largest absolute Gasteiger partial charge is 0.418 e. The van der Waals surface area contributed by atoms with E-state index >= 15 is 0 Å². The minimum absolute atomic E-state index is 0.294. The van der Waals surface area contributed by atoms with Gasteiger partial charge in [0.05, 0.1) is 18.5 Å². The van der Waals surface area contributed by atoms with E-state index in [9.17, 15) is 0 Å². The molecule has 0 aliphatic heterocycles. The van der Waals surface area contributed by atoms with Crippen LogP contribution in [0.4, 0.5) is 0 Å². The summed E-state index contributed by atoms with van der Waals surface area (Å²) in [7, 11) is -0.441. The maximum Gasteiger partial charge on any atom is 0.183 e. The third kappa shape index (κ3) is 9.19. The Kier molecular flexibility index (Phi) is 6.35. The lowest BCUT2D eigenvalue weighted by Gasteiger charge is -2.38. The van der Waals surface area contributed by atoms with Crippen LogP contribution in [0.2, 0.25) is 38.8 Å². The first kappa shape index (κ1) is 17.6. The molecule has 0 saturated heterocycles. The molecule has 0 unspecified atom stereocenters. The summed E-state index contributed by atoms with van der Waals surface area (Å²) in [5, 5.41) is 0. The van der Waals surface area contributed by atoms with Crippen LogP contribution < -0.4 is 0 Å². The molecule has 0 N–H and O–H groups in total. The topological polar surface area (TPSA) is 12.5 Å². The van der Waals surface area contributed by atoms with Gasteiger partial charge in [0.2, 0.25) is 0 Å². The van der Waals surface area contributed by atoms with Crippen LogP contribution in [-0.2, 0) is 4.43 Å². The third-order valence-corrected chi connectivity index (χ3v) is 8.37. The number of hydrogen-bond donors (Lipinski definition) is 0. The molecule has 0 spiro atoms. The summed E-state index contributed by atoms with van der Waals surface area (Å²) < 4.78 is 8.51. The zero-order valence-corrected chi connectivity index (χ0v) is 16.6. The molecule has 0 aliphatic carbocycles. The predicted molar refractivity (Wildman–Crippen MR) is 86.6 cm³/mol. The number of nitrogens with zero attached hydrogens (tertiary/aromatic N) is 1. The first-order valence-corrected chi connectivity index (χ1v) is 14.0. The Bertz CT molecular complexity index is 231. The van der Waals surface area contributed by atoms with Gasteiger partial charge in [-0.25, -0.2) is 0 Å². The SMILES string of the molecule is CC(C)(C)N([SiH2])C[Si](C)(C)CCO[Si](C)(C)C. The monoisotopic (exact) mass is 290 g/mol. The first-order chi connectivity index (χ1) is 7.33. The van der Waals surface area contributed by atoms with Gasteiger partial charge in [0.25, 0.3) is 0 Å². The van der Waals surface area contributed by atoms with Gasteiger partial charge in [-0.2, -0.15) is 0 Å². The highest BCUT2D eigenvalue weighted by molar-refractivity contribution is 6.78. The Morgan fingerprint density at radius 2 is 1.53 bits per heavy atom. The Hall–Kier alpha value is 0.571. The molecule has 1 radical (unpaired) electrons. The second kappa shape index (κ2) is 6.14. The maximum atomic E-state index is 5.99. The van der Waals surface area contributed by atoms with E-state index in [1.165, 1.54) is 12.2 Å². The average molecular weight is 291 g/mol. The van der Waals surface area contributed by atoms with Crippen LogP contribution in [0.3, 0.4) is 0 Å². The molecule has 0 atom stereocenters. The van der Waals surface area contributed by atoms with Crippen molar-refractivity contribution in [1.82, 2.24) is 4.57 Å². The molecule has 0 rings (SSSR count). The molecule has 0 aliphatic rings. The second-order valence-corrected chi connectivity index (χ2v) is 18.2. The molecule has 0 bridgehead atoms. The summed E-state index contributed by atoms with van der Waals surface area (Å²) in [4.78, 5) is 0. The standard InChI is InChI=1S/C12H32NOSi3/c1-12(2,3)13(15)11-17(7,8)10-9-14-16(4,5)6/h9-11,15H2,1-8H3. The summed E-state index contributed by atoms with van der Waals surface area (Å²) in [6.07, 6.45) is 1.27. The maximum absolute atomic E-state index is 5.99. The van der Waals surface area contributed by atoms with E-state index in [1.807, 2.05) is 10.4 Å². The lowest BCUT2D eigenvalue weighted by atomic mass is 10.1. The molecule has 17 heavy (non-hydrogen) atoms. The smallest absolute Gasteiger partial charge is 0.183 e. The zero-order chi connectivity index (χ0) is 13.9. The number of rotatable bonds is 6. The second-order valence-electron chi connectivity index (χ2n) is 7.74. The molecule has 0 aromatic rings. The summed E-state index contributed by atoms with van der Waals surface area (Å²) in [5.74, 6) is 0. The average Bonchev–Trinajstić information content (AvgIpc) is 1.97. The van der Waals surface area contributed by atoms with E-state index in [4.69, 9.17) is 4.43 Å². The van der Waals surface area contributed by atoms with Crippen LogP contribution in [0.1, 0.15) is 20.8 Å². The molecule has 103 valence electrons. The van der Waals surface area contributed by atoms with Crippen molar-refractivity contribution in [3.05, 3.63) is 0 Å². The van der Waals surface area contributed by atoms with E-state index in [0.717, 1.165) is 6.61 Å². The molecule has 5 heteroatoms. The van der Waals surface area contributed by atoms with E-state index < -0.39 is 16.4 Å². The molecule has 0 fully saturated rings. The molecule has 0 saturated carbocycles. The van der Waals surface area contributed by atoms with Gasteiger partial charge in [-0.1, -0.05) is 13.1 Å². The summed E-state index contributed by atoms with van der Waals surface area (Å²) in [6.45, 7) is 19.6. The van der Waals surface area contributed by atoms with Crippen molar-refractivity contribution in [2.75, 3.05) is 12.8 Å². The summed E-state index contributed by atoms with van der Waals surface area (Å²) >= 11 is 0. The minimum Gasteiger partial charge on any atom is -0.418 e. The van der Waals surface area contributed by atoms with Gasteiger partial charge >= 0.3 is 0 Å². The molecule has 0 heterocycles. The normalized spacial score (nSPS) is 14.5. The van der Waals surface area contributed by atoms with Crippen molar-refractivity contribution in [2.45, 2.75) is 65.1 Å². The van der Waals surface area contributed by atoms with Crippen molar-refractivity contribution in [3.8, 4) is 0 Å². The fraction of sp³-hybridized carbons (Fsp3) is 1.00. The van der Waals surface area contributed by atoms with Crippen LogP contribution in [0.5, 0.6) is 0 Å². The van der Waals surface area contributed by atoms with Crippen LogP contribution in [-0.4, -0.2) is 49.7 Å². The first-order valence-electron chi connectivity index (χ1n) is 6.56. The van der Waals surface area contributed by atoms with Crippen molar-refractivity contribution >= 4 is 26.8 Å². The van der Waals surface area contributed by atoms with E-state index in [-0.39, 0.29) is 0 Å². The quantitative estimate of drug-likeness (QED) is 0.698. The van der Waals surface area contributed by atoms with E-state index in [1.54, 1.807) is 0 Å². The van der Waals surface area contributed by atoms with Crippen molar-refractivity contribution in [1.29, 1.82) is 0 Å². The fourth-order valence-electron chi connectivity index (χ4n) is 1.47.